The summed E-state index contributed by atoms with van der Waals surface area (Å²) < 4.78 is 38.1. The summed E-state index contributed by atoms with van der Waals surface area (Å²) in [4.78, 5) is 0. The van der Waals surface area contributed by atoms with Crippen molar-refractivity contribution in [3.63, 3.8) is 0 Å². The van der Waals surface area contributed by atoms with E-state index in [4.69, 9.17) is 28.4 Å². The molecule has 0 saturated carbocycles. The second-order valence-electron chi connectivity index (χ2n) is 7.83. The molecule has 0 radical (unpaired) electrons. The van der Waals surface area contributed by atoms with Gasteiger partial charge in [0.05, 0.1) is 0 Å². The minimum atomic E-state index is -1.72. The molecule has 37 heavy (non-hydrogen) atoms. The number of rotatable bonds is 19. The molecule has 0 aliphatic carbocycles. The standard InChI is InChI=1S/C30H39O6Se/c1-3-31-18-20-33-22-24-35-27-14-8-10-16-29(27)37(26-12-6-5-7-13-26)30-17-11-9-15-28(30)36-25-23-34-21-19-32-4-2/h5-17H,3-4,18-25H2,1-2H3/q+1. The zero-order chi connectivity index (χ0) is 26.0. The van der Waals surface area contributed by atoms with E-state index in [2.05, 4.69) is 54.6 Å². The van der Waals surface area contributed by atoms with Crippen LogP contribution in [0.2, 0.25) is 0 Å². The third kappa shape index (κ3) is 10.1. The van der Waals surface area contributed by atoms with Gasteiger partial charge in [0.15, 0.2) is 0 Å². The minimum absolute atomic E-state index is 0.480. The van der Waals surface area contributed by atoms with Crippen molar-refractivity contribution in [1.29, 1.82) is 0 Å². The predicted molar refractivity (Wildman–Crippen MR) is 150 cm³/mol. The Balaban J connectivity index is 1.75. The Morgan fingerprint density at radius 1 is 0.459 bits per heavy atom. The summed E-state index contributed by atoms with van der Waals surface area (Å²) in [5.74, 6) is 1.78. The molecule has 6 nitrogen and oxygen atoms in total. The average Bonchev–Trinajstić information content (AvgIpc) is 2.94. The molecule has 3 aromatic carbocycles. The van der Waals surface area contributed by atoms with Gasteiger partial charge >= 0.3 is 226 Å². The SMILES string of the molecule is CCOCCOCCOc1ccccc1[Se+](c1ccccc1)c1ccccc1OCCOCCOCC. The van der Waals surface area contributed by atoms with Gasteiger partial charge in [-0.2, -0.15) is 0 Å². The molecule has 0 N–H and O–H groups in total. The summed E-state index contributed by atoms with van der Waals surface area (Å²) in [7, 11) is 0. The van der Waals surface area contributed by atoms with Crippen LogP contribution in [0.1, 0.15) is 13.8 Å². The Bertz CT molecular complexity index is 939. The number of hydrogen-bond acceptors (Lipinski definition) is 6. The molecular weight excluding hydrogens is 535 g/mol. The number of benzene rings is 3. The second-order valence-corrected chi connectivity index (χ2v) is 11.9. The molecule has 0 aromatic heterocycles. The Hall–Kier alpha value is -2.38. The Morgan fingerprint density at radius 2 is 0.865 bits per heavy atom. The molecule has 0 saturated heterocycles. The molecule has 3 aromatic rings. The molecule has 0 aliphatic rings. The van der Waals surface area contributed by atoms with E-state index in [9.17, 15) is 0 Å². The first-order chi connectivity index (χ1) is 18.3. The quantitative estimate of drug-likeness (QED) is 0.162. The van der Waals surface area contributed by atoms with Crippen molar-refractivity contribution in [3.8, 4) is 11.5 Å². The maximum atomic E-state index is 6.25. The Kier molecular flexibility index (Phi) is 14.2. The second kappa shape index (κ2) is 18.0. The maximum absolute atomic E-state index is 6.25. The topological polar surface area (TPSA) is 55.4 Å². The summed E-state index contributed by atoms with van der Waals surface area (Å²) in [5, 5.41) is 0. The van der Waals surface area contributed by atoms with Crippen molar-refractivity contribution in [2.24, 2.45) is 0 Å². The van der Waals surface area contributed by atoms with E-state index in [0.717, 1.165) is 11.5 Å². The normalized spacial score (nSPS) is 11.1. The molecule has 0 heterocycles. The van der Waals surface area contributed by atoms with E-state index in [0.29, 0.717) is 66.1 Å². The van der Waals surface area contributed by atoms with Gasteiger partial charge in [0.1, 0.15) is 0 Å². The summed E-state index contributed by atoms with van der Waals surface area (Å²) in [6.45, 7) is 9.69. The molecule has 0 spiro atoms. The van der Waals surface area contributed by atoms with Crippen LogP contribution in [0.25, 0.3) is 0 Å². The van der Waals surface area contributed by atoms with Crippen molar-refractivity contribution < 1.29 is 28.4 Å². The molecule has 0 aliphatic heterocycles. The van der Waals surface area contributed by atoms with Crippen LogP contribution in [0.15, 0.2) is 78.9 Å². The fraction of sp³-hybridized carbons (Fsp3) is 0.400. The summed E-state index contributed by atoms with van der Waals surface area (Å²) in [6, 6.07) is 27.3. The fourth-order valence-electron chi connectivity index (χ4n) is 3.55. The zero-order valence-corrected chi connectivity index (χ0v) is 23.6. The van der Waals surface area contributed by atoms with Gasteiger partial charge < -0.3 is 0 Å². The van der Waals surface area contributed by atoms with Crippen LogP contribution in [0.5, 0.6) is 11.5 Å². The molecule has 0 unspecified atom stereocenters. The molecule has 0 fully saturated rings. The molecule has 0 bridgehead atoms. The number of hydrogen-bond donors (Lipinski definition) is 0. The third-order valence-corrected chi connectivity index (χ3v) is 10.1. The van der Waals surface area contributed by atoms with Crippen molar-refractivity contribution in [1.82, 2.24) is 0 Å². The summed E-state index contributed by atoms with van der Waals surface area (Å²) in [5.41, 5.74) is 0. The van der Waals surface area contributed by atoms with Crippen LogP contribution in [-0.2, 0) is 18.9 Å². The van der Waals surface area contributed by atoms with Gasteiger partial charge in [0, 0.05) is 0 Å². The van der Waals surface area contributed by atoms with Gasteiger partial charge in [-0.1, -0.05) is 0 Å². The van der Waals surface area contributed by atoms with Gasteiger partial charge in [0.2, 0.25) is 0 Å². The van der Waals surface area contributed by atoms with E-state index >= 15 is 0 Å². The van der Waals surface area contributed by atoms with Crippen LogP contribution in [-0.4, -0.2) is 80.0 Å². The van der Waals surface area contributed by atoms with Crippen molar-refractivity contribution in [2.45, 2.75) is 13.8 Å². The predicted octanol–water partition coefficient (Wildman–Crippen LogP) is 3.07. The molecule has 0 amide bonds. The zero-order valence-electron chi connectivity index (χ0n) is 21.9. The number of para-hydroxylation sites is 2. The number of ether oxygens (including phenoxy) is 6. The van der Waals surface area contributed by atoms with E-state index in [1.54, 1.807) is 0 Å². The van der Waals surface area contributed by atoms with Gasteiger partial charge in [-0.3, -0.25) is 0 Å². The first kappa shape index (κ1) is 29.2. The van der Waals surface area contributed by atoms with E-state index in [1.165, 1.54) is 13.4 Å². The molecule has 0 atom stereocenters. The van der Waals surface area contributed by atoms with E-state index in [1.807, 2.05) is 38.1 Å². The first-order valence-corrected chi connectivity index (χ1v) is 15.5. The molecule has 200 valence electrons. The summed E-state index contributed by atoms with van der Waals surface area (Å²) >= 11 is -1.72. The monoisotopic (exact) mass is 575 g/mol. The molecular formula is C30H39O6Se+. The van der Waals surface area contributed by atoms with Gasteiger partial charge in [-0.25, -0.2) is 0 Å². The fourth-order valence-corrected chi connectivity index (χ4v) is 8.30. The van der Waals surface area contributed by atoms with Gasteiger partial charge in [-0.15, -0.1) is 0 Å². The van der Waals surface area contributed by atoms with Gasteiger partial charge in [0.25, 0.3) is 0 Å². The first-order valence-electron chi connectivity index (χ1n) is 12.9. The van der Waals surface area contributed by atoms with Crippen molar-refractivity contribution >= 4 is 27.3 Å². The van der Waals surface area contributed by atoms with Crippen LogP contribution >= 0.6 is 0 Å². The van der Waals surface area contributed by atoms with E-state index < -0.39 is 13.9 Å². The summed E-state index contributed by atoms with van der Waals surface area (Å²) in [6.07, 6.45) is 0. The molecule has 3 rings (SSSR count). The molecule has 7 heteroatoms. The van der Waals surface area contributed by atoms with Crippen LogP contribution in [0.4, 0.5) is 0 Å². The van der Waals surface area contributed by atoms with Crippen molar-refractivity contribution in [3.05, 3.63) is 78.9 Å². The Labute approximate surface area is 225 Å². The van der Waals surface area contributed by atoms with Crippen LogP contribution < -0.4 is 22.9 Å². The average molecular weight is 575 g/mol. The van der Waals surface area contributed by atoms with Crippen LogP contribution in [0, 0.1) is 0 Å². The van der Waals surface area contributed by atoms with Crippen LogP contribution in [0.3, 0.4) is 0 Å². The Morgan fingerprint density at radius 3 is 1.35 bits per heavy atom. The van der Waals surface area contributed by atoms with E-state index in [-0.39, 0.29) is 0 Å². The van der Waals surface area contributed by atoms with Gasteiger partial charge in [-0.05, 0) is 0 Å². The van der Waals surface area contributed by atoms with Crippen molar-refractivity contribution in [2.75, 3.05) is 66.1 Å². The third-order valence-electron chi connectivity index (χ3n) is 5.24.